The number of ether oxygens (including phenoxy) is 3. The number of hydrogen-bond acceptors (Lipinski definition) is 9. The number of amides is 1. The summed E-state index contributed by atoms with van der Waals surface area (Å²) in [6, 6.07) is 18.5. The highest BCUT2D eigenvalue weighted by molar-refractivity contribution is 7.18. The minimum Gasteiger partial charge on any atom is -0.507 e. The van der Waals surface area contributed by atoms with Crippen molar-refractivity contribution in [2.24, 2.45) is 0 Å². The minimum absolute atomic E-state index is 0.122. The second-order valence-electron chi connectivity index (χ2n) is 9.99. The summed E-state index contributed by atoms with van der Waals surface area (Å²) in [5.74, 6) is -0.908. The molecule has 0 bridgehead atoms. The second-order valence-corrected chi connectivity index (χ2v) is 11.0. The number of Topliss-reactive ketones (excluding diaryl/α,β-unsaturated/α-hetero) is 2. The highest BCUT2D eigenvalue weighted by Gasteiger charge is 2.48. The molecule has 43 heavy (non-hydrogen) atoms. The molecule has 0 radical (unpaired) electrons. The smallest absolute Gasteiger partial charge is 0.301 e. The standard InChI is InChI=1S/C33H30N2O7S/c1-18-8-6-7-9-23(18)17-42-24-13-10-21(11-14-24)29(37)27-28(22-12-15-25(40-4)26(16-22)41-5)35(32(39)30(27)38)33-34-19(2)31(43-33)20(3)36/h6-16,28,37H,17H2,1-5H3/b29-27+. The molecular weight excluding hydrogens is 568 g/mol. The van der Waals surface area contributed by atoms with Crippen LogP contribution in [0.1, 0.15) is 50.6 Å². The lowest BCUT2D eigenvalue weighted by Gasteiger charge is -2.23. The number of thiazole rings is 1. The lowest BCUT2D eigenvalue weighted by molar-refractivity contribution is -0.132. The predicted molar refractivity (Wildman–Crippen MR) is 163 cm³/mol. The molecule has 1 unspecified atom stereocenters. The third-order valence-electron chi connectivity index (χ3n) is 7.26. The van der Waals surface area contributed by atoms with E-state index in [9.17, 15) is 19.5 Å². The number of nitrogens with zero attached hydrogens (tertiary/aromatic N) is 2. The quantitative estimate of drug-likeness (QED) is 0.105. The van der Waals surface area contributed by atoms with E-state index in [0.717, 1.165) is 22.5 Å². The van der Waals surface area contributed by atoms with Crippen LogP contribution in [0, 0.1) is 13.8 Å². The number of aliphatic hydroxyl groups excluding tert-OH is 1. The molecule has 9 nitrogen and oxygen atoms in total. The Morgan fingerprint density at radius 3 is 2.30 bits per heavy atom. The van der Waals surface area contributed by atoms with Gasteiger partial charge in [0.15, 0.2) is 22.4 Å². The molecule has 220 valence electrons. The van der Waals surface area contributed by atoms with Crippen molar-refractivity contribution < 1.29 is 33.7 Å². The maximum atomic E-state index is 13.6. The molecule has 1 N–H and O–H groups in total. The Labute approximate surface area is 253 Å². The van der Waals surface area contributed by atoms with Crippen molar-refractivity contribution in [2.45, 2.75) is 33.4 Å². The first-order valence-corrected chi connectivity index (χ1v) is 14.2. The van der Waals surface area contributed by atoms with E-state index in [1.54, 1.807) is 49.4 Å². The monoisotopic (exact) mass is 598 g/mol. The summed E-state index contributed by atoms with van der Waals surface area (Å²) in [5.41, 5.74) is 3.29. The molecule has 3 aromatic carbocycles. The number of ketones is 2. The Balaban J connectivity index is 1.57. The average Bonchev–Trinajstić information content (AvgIpc) is 3.52. The maximum Gasteiger partial charge on any atom is 0.301 e. The van der Waals surface area contributed by atoms with Crippen LogP contribution in [0.4, 0.5) is 5.13 Å². The lowest BCUT2D eigenvalue weighted by Crippen LogP contribution is -2.29. The number of carbonyl (C=O) groups excluding carboxylic acids is 3. The van der Waals surface area contributed by atoms with Crippen LogP contribution in [0.25, 0.3) is 5.76 Å². The first-order valence-electron chi connectivity index (χ1n) is 13.4. The van der Waals surface area contributed by atoms with E-state index in [1.165, 1.54) is 26.0 Å². The molecule has 0 aliphatic carbocycles. The van der Waals surface area contributed by atoms with Crippen LogP contribution in [0.15, 0.2) is 72.3 Å². The average molecular weight is 599 g/mol. The van der Waals surface area contributed by atoms with Gasteiger partial charge in [0, 0.05) is 12.5 Å². The number of carbonyl (C=O) groups is 3. The Hall–Kier alpha value is -4.96. The number of aromatic nitrogens is 1. The Morgan fingerprint density at radius 1 is 0.977 bits per heavy atom. The zero-order valence-corrected chi connectivity index (χ0v) is 25.2. The van der Waals surface area contributed by atoms with E-state index < -0.39 is 17.7 Å². The normalized spacial score (nSPS) is 15.9. The molecule has 2 heterocycles. The Bertz CT molecular complexity index is 1760. The second kappa shape index (κ2) is 12.1. The SMILES string of the molecule is COc1ccc(C2/C(=C(\O)c3ccc(OCc4ccccc4C)cc3)C(=O)C(=O)N2c2nc(C)c(C(C)=O)s2)cc1OC. The van der Waals surface area contributed by atoms with Crippen molar-refractivity contribution in [3.63, 3.8) is 0 Å². The van der Waals surface area contributed by atoms with E-state index in [0.29, 0.717) is 45.6 Å². The number of benzene rings is 3. The summed E-state index contributed by atoms with van der Waals surface area (Å²) in [6.45, 7) is 5.47. The molecule has 4 aromatic rings. The van der Waals surface area contributed by atoms with Gasteiger partial charge in [0.25, 0.3) is 5.78 Å². The molecule has 1 fully saturated rings. The summed E-state index contributed by atoms with van der Waals surface area (Å²) < 4.78 is 16.8. The third kappa shape index (κ3) is 5.61. The van der Waals surface area contributed by atoms with Gasteiger partial charge in [0.1, 0.15) is 18.1 Å². The van der Waals surface area contributed by atoms with Gasteiger partial charge in [-0.1, -0.05) is 41.7 Å². The number of anilines is 1. The molecule has 1 saturated heterocycles. The van der Waals surface area contributed by atoms with Gasteiger partial charge in [-0.2, -0.15) is 0 Å². The number of aryl methyl sites for hydroxylation is 2. The number of hydrogen-bond donors (Lipinski definition) is 1. The summed E-state index contributed by atoms with van der Waals surface area (Å²) in [6.07, 6.45) is 0. The summed E-state index contributed by atoms with van der Waals surface area (Å²) in [7, 11) is 2.98. The molecular formula is C33H30N2O7S. The molecule has 1 aliphatic heterocycles. The zero-order valence-electron chi connectivity index (χ0n) is 24.3. The van der Waals surface area contributed by atoms with Crippen molar-refractivity contribution in [1.82, 2.24) is 4.98 Å². The molecule has 1 aliphatic rings. The van der Waals surface area contributed by atoms with Crippen molar-refractivity contribution in [2.75, 3.05) is 19.1 Å². The van der Waals surface area contributed by atoms with Gasteiger partial charge < -0.3 is 19.3 Å². The van der Waals surface area contributed by atoms with E-state index in [2.05, 4.69) is 4.98 Å². The van der Waals surface area contributed by atoms with Gasteiger partial charge in [0.2, 0.25) is 0 Å². The van der Waals surface area contributed by atoms with E-state index in [-0.39, 0.29) is 22.2 Å². The van der Waals surface area contributed by atoms with Crippen molar-refractivity contribution in [1.29, 1.82) is 0 Å². The first-order chi connectivity index (χ1) is 20.6. The molecule has 0 saturated carbocycles. The molecule has 5 rings (SSSR count). The number of rotatable bonds is 9. The van der Waals surface area contributed by atoms with E-state index in [1.807, 2.05) is 31.2 Å². The van der Waals surface area contributed by atoms with Crippen molar-refractivity contribution in [3.05, 3.63) is 105 Å². The fraction of sp³-hybridized carbons (Fsp3) is 0.212. The van der Waals surface area contributed by atoms with Gasteiger partial charge in [-0.05, 0) is 66.9 Å². The summed E-state index contributed by atoms with van der Waals surface area (Å²) in [4.78, 5) is 45.4. The predicted octanol–water partition coefficient (Wildman–Crippen LogP) is 6.19. The fourth-order valence-electron chi connectivity index (χ4n) is 4.98. The lowest BCUT2D eigenvalue weighted by atomic mass is 9.95. The van der Waals surface area contributed by atoms with Crippen LogP contribution >= 0.6 is 11.3 Å². The molecule has 1 atom stereocenters. The van der Waals surface area contributed by atoms with Gasteiger partial charge in [-0.15, -0.1) is 0 Å². The molecule has 0 spiro atoms. The van der Waals surface area contributed by atoms with Gasteiger partial charge in [-0.25, -0.2) is 4.98 Å². The summed E-state index contributed by atoms with van der Waals surface area (Å²) >= 11 is 1.02. The topological polar surface area (TPSA) is 115 Å². The highest BCUT2D eigenvalue weighted by atomic mass is 32.1. The molecule has 1 aromatic heterocycles. The zero-order chi connectivity index (χ0) is 30.8. The number of aliphatic hydroxyl groups is 1. The van der Waals surface area contributed by atoms with Crippen LogP contribution in [0.3, 0.4) is 0 Å². The Kier molecular flexibility index (Phi) is 8.31. The molecule has 10 heteroatoms. The fourth-order valence-corrected chi connectivity index (χ4v) is 5.97. The van der Waals surface area contributed by atoms with Crippen molar-refractivity contribution in [3.8, 4) is 17.2 Å². The van der Waals surface area contributed by atoms with Crippen LogP contribution in [0.2, 0.25) is 0 Å². The minimum atomic E-state index is -1.05. The first kappa shape index (κ1) is 29.5. The van der Waals surface area contributed by atoms with Crippen molar-refractivity contribution >= 4 is 39.7 Å². The van der Waals surface area contributed by atoms with Gasteiger partial charge in [-0.3, -0.25) is 19.3 Å². The largest absolute Gasteiger partial charge is 0.507 e. The third-order valence-corrected chi connectivity index (χ3v) is 8.52. The Morgan fingerprint density at radius 2 is 1.67 bits per heavy atom. The van der Waals surface area contributed by atoms with Gasteiger partial charge in [0.05, 0.1) is 36.4 Å². The highest BCUT2D eigenvalue weighted by Crippen LogP contribution is 2.45. The van der Waals surface area contributed by atoms with E-state index in [4.69, 9.17) is 14.2 Å². The summed E-state index contributed by atoms with van der Waals surface area (Å²) in [5, 5.41) is 11.7. The van der Waals surface area contributed by atoms with Gasteiger partial charge >= 0.3 is 5.91 Å². The van der Waals surface area contributed by atoms with E-state index >= 15 is 0 Å². The molecule has 1 amide bonds. The van der Waals surface area contributed by atoms with Crippen LogP contribution in [0.5, 0.6) is 17.2 Å². The maximum absolute atomic E-state index is 13.6. The number of methoxy groups -OCH3 is 2. The van der Waals surface area contributed by atoms with Crippen LogP contribution in [-0.2, 0) is 16.2 Å². The van der Waals surface area contributed by atoms with Crippen LogP contribution in [-0.4, -0.2) is 41.8 Å². The van der Waals surface area contributed by atoms with Crippen LogP contribution < -0.4 is 19.1 Å².